The molecule has 5 nitrogen and oxygen atoms in total. The zero-order chi connectivity index (χ0) is 17.0. The molecule has 0 aliphatic carbocycles. The molecule has 0 fully saturated rings. The first-order valence-electron chi connectivity index (χ1n) is 7.03. The molecule has 7 heteroatoms. The molecule has 1 N–H and O–H groups in total. The Morgan fingerprint density at radius 1 is 1.39 bits per heavy atom. The van der Waals surface area contributed by atoms with Crippen molar-refractivity contribution in [2.24, 2.45) is 0 Å². The minimum atomic E-state index is -0.511. The molecule has 2 aromatic rings. The van der Waals surface area contributed by atoms with Crippen LogP contribution in [0.25, 0.3) is 11.3 Å². The van der Waals surface area contributed by atoms with Crippen molar-refractivity contribution in [3.05, 3.63) is 33.1 Å². The number of hydrogen-bond acceptors (Lipinski definition) is 5. The van der Waals surface area contributed by atoms with Crippen molar-refractivity contribution in [1.29, 1.82) is 0 Å². The van der Waals surface area contributed by atoms with E-state index in [0.29, 0.717) is 6.54 Å². The molecule has 1 aromatic carbocycles. The molecule has 1 amide bonds. The minimum Gasteiger partial charge on any atom is -0.496 e. The first-order chi connectivity index (χ1) is 10.8. The fourth-order valence-electron chi connectivity index (χ4n) is 1.85. The van der Waals surface area contributed by atoms with Crippen molar-refractivity contribution in [2.45, 2.75) is 32.9 Å². The molecular formula is C16H19BrN2O3S. The molecule has 23 heavy (non-hydrogen) atoms. The van der Waals surface area contributed by atoms with Crippen molar-refractivity contribution in [1.82, 2.24) is 10.3 Å². The summed E-state index contributed by atoms with van der Waals surface area (Å²) in [5.74, 6) is 0.747. The van der Waals surface area contributed by atoms with E-state index in [1.165, 1.54) is 11.3 Å². The van der Waals surface area contributed by atoms with Gasteiger partial charge in [0.25, 0.3) is 0 Å². The Labute approximate surface area is 148 Å². The number of benzene rings is 1. The predicted molar refractivity (Wildman–Crippen MR) is 94.9 cm³/mol. The molecular weight excluding hydrogens is 380 g/mol. The van der Waals surface area contributed by atoms with E-state index in [1.807, 2.05) is 44.4 Å². The Balaban J connectivity index is 2.05. The molecule has 0 bridgehead atoms. The highest BCUT2D eigenvalue weighted by Crippen LogP contribution is 2.33. The SMILES string of the molecule is COc1cc(Br)ccc1-c1csc(CNC(=O)OC(C)(C)C)n1. The lowest BCUT2D eigenvalue weighted by Gasteiger charge is -2.19. The quantitative estimate of drug-likeness (QED) is 0.816. The maximum atomic E-state index is 11.7. The number of hydrogen-bond donors (Lipinski definition) is 1. The molecule has 0 aliphatic heterocycles. The summed E-state index contributed by atoms with van der Waals surface area (Å²) in [4.78, 5) is 16.2. The van der Waals surface area contributed by atoms with E-state index in [4.69, 9.17) is 9.47 Å². The normalized spacial score (nSPS) is 11.2. The Bertz CT molecular complexity index is 695. The Morgan fingerprint density at radius 2 is 2.13 bits per heavy atom. The summed E-state index contributed by atoms with van der Waals surface area (Å²) in [6.45, 7) is 5.81. The molecule has 0 spiro atoms. The third-order valence-electron chi connectivity index (χ3n) is 2.77. The van der Waals surface area contributed by atoms with Gasteiger partial charge < -0.3 is 14.8 Å². The summed E-state index contributed by atoms with van der Waals surface area (Å²) in [6, 6.07) is 5.78. The number of carbonyl (C=O) groups is 1. The Kier molecular flexibility index (Phi) is 5.64. The summed E-state index contributed by atoms with van der Waals surface area (Å²) in [5.41, 5.74) is 1.22. The summed E-state index contributed by atoms with van der Waals surface area (Å²) in [7, 11) is 1.63. The second-order valence-corrected chi connectivity index (χ2v) is 7.68. The molecule has 1 heterocycles. The van der Waals surface area contributed by atoms with Crippen LogP contribution in [-0.2, 0) is 11.3 Å². The van der Waals surface area contributed by atoms with Gasteiger partial charge in [-0.1, -0.05) is 15.9 Å². The van der Waals surface area contributed by atoms with E-state index in [-0.39, 0.29) is 0 Å². The number of rotatable bonds is 4. The van der Waals surface area contributed by atoms with Crippen LogP contribution in [0.2, 0.25) is 0 Å². The first kappa shape index (κ1) is 17.7. The van der Waals surface area contributed by atoms with E-state index >= 15 is 0 Å². The molecule has 0 unspecified atom stereocenters. The lowest BCUT2D eigenvalue weighted by molar-refractivity contribution is 0.0523. The van der Waals surface area contributed by atoms with Gasteiger partial charge in [-0.3, -0.25) is 0 Å². The standard InChI is InChI=1S/C16H19BrN2O3S/c1-16(2,3)22-15(20)18-8-14-19-12(9-23-14)11-6-5-10(17)7-13(11)21-4/h5-7,9H,8H2,1-4H3,(H,18,20). The average Bonchev–Trinajstić information content (AvgIpc) is 2.92. The average molecular weight is 399 g/mol. The zero-order valence-electron chi connectivity index (χ0n) is 13.5. The number of halogens is 1. The Morgan fingerprint density at radius 3 is 2.78 bits per heavy atom. The van der Waals surface area contributed by atoms with Crippen LogP contribution < -0.4 is 10.1 Å². The van der Waals surface area contributed by atoms with Gasteiger partial charge in [0, 0.05) is 15.4 Å². The maximum Gasteiger partial charge on any atom is 0.408 e. The van der Waals surface area contributed by atoms with Crippen LogP contribution in [0.3, 0.4) is 0 Å². The molecule has 0 aliphatic rings. The zero-order valence-corrected chi connectivity index (χ0v) is 15.9. The second kappa shape index (κ2) is 7.31. The number of ether oxygens (including phenoxy) is 2. The van der Waals surface area contributed by atoms with Gasteiger partial charge >= 0.3 is 6.09 Å². The first-order valence-corrected chi connectivity index (χ1v) is 8.71. The lowest BCUT2D eigenvalue weighted by atomic mass is 10.1. The molecule has 0 saturated heterocycles. The van der Waals surface area contributed by atoms with Gasteiger partial charge in [0.1, 0.15) is 16.4 Å². The van der Waals surface area contributed by atoms with Crippen LogP contribution in [0, 0.1) is 0 Å². The predicted octanol–water partition coefficient (Wildman–Crippen LogP) is 4.61. The highest BCUT2D eigenvalue weighted by atomic mass is 79.9. The second-order valence-electron chi connectivity index (χ2n) is 5.83. The number of carbonyl (C=O) groups excluding carboxylic acids is 1. The number of aromatic nitrogens is 1. The van der Waals surface area contributed by atoms with Gasteiger partial charge in [0.15, 0.2) is 0 Å². The molecule has 0 radical (unpaired) electrons. The van der Waals surface area contributed by atoms with Crippen LogP contribution in [0.15, 0.2) is 28.1 Å². The van der Waals surface area contributed by atoms with Crippen LogP contribution in [0.5, 0.6) is 5.75 Å². The highest BCUT2D eigenvalue weighted by Gasteiger charge is 2.16. The van der Waals surface area contributed by atoms with E-state index in [1.54, 1.807) is 7.11 Å². The van der Waals surface area contributed by atoms with E-state index in [0.717, 1.165) is 26.5 Å². The van der Waals surface area contributed by atoms with Crippen molar-refractivity contribution in [3.8, 4) is 17.0 Å². The molecule has 0 saturated carbocycles. The van der Waals surface area contributed by atoms with Gasteiger partial charge in [0.2, 0.25) is 0 Å². The number of amides is 1. The van der Waals surface area contributed by atoms with Crippen molar-refractivity contribution in [3.63, 3.8) is 0 Å². The van der Waals surface area contributed by atoms with Crippen molar-refractivity contribution in [2.75, 3.05) is 7.11 Å². The molecule has 0 atom stereocenters. The van der Waals surface area contributed by atoms with E-state index in [9.17, 15) is 4.79 Å². The van der Waals surface area contributed by atoms with E-state index in [2.05, 4.69) is 26.2 Å². The van der Waals surface area contributed by atoms with Crippen molar-refractivity contribution < 1.29 is 14.3 Å². The van der Waals surface area contributed by atoms with Crippen LogP contribution >= 0.6 is 27.3 Å². The highest BCUT2D eigenvalue weighted by molar-refractivity contribution is 9.10. The van der Waals surface area contributed by atoms with Gasteiger partial charge in [-0.25, -0.2) is 9.78 Å². The molecule has 1 aromatic heterocycles. The summed E-state index contributed by atoms with van der Waals surface area (Å²) < 4.78 is 11.5. The number of alkyl carbamates (subject to hydrolysis) is 1. The number of nitrogens with one attached hydrogen (secondary N) is 1. The van der Waals surface area contributed by atoms with Crippen molar-refractivity contribution >= 4 is 33.4 Å². The maximum absolute atomic E-state index is 11.7. The largest absolute Gasteiger partial charge is 0.496 e. The molecule has 124 valence electrons. The number of nitrogens with zero attached hydrogens (tertiary/aromatic N) is 1. The third kappa shape index (κ3) is 5.21. The van der Waals surface area contributed by atoms with Crippen LogP contribution in [0.4, 0.5) is 4.79 Å². The summed E-state index contributed by atoms with van der Waals surface area (Å²) >= 11 is 4.90. The molecule has 2 rings (SSSR count). The third-order valence-corrected chi connectivity index (χ3v) is 4.12. The fourth-order valence-corrected chi connectivity index (χ4v) is 2.93. The van der Waals surface area contributed by atoms with Gasteiger partial charge in [-0.2, -0.15) is 0 Å². The van der Waals surface area contributed by atoms with Gasteiger partial charge in [-0.05, 0) is 39.0 Å². The Hall–Kier alpha value is -1.60. The monoisotopic (exact) mass is 398 g/mol. The van der Waals surface area contributed by atoms with Gasteiger partial charge in [-0.15, -0.1) is 11.3 Å². The minimum absolute atomic E-state index is 0.332. The summed E-state index contributed by atoms with van der Waals surface area (Å²) in [6.07, 6.45) is -0.449. The van der Waals surface area contributed by atoms with Crippen LogP contribution in [-0.4, -0.2) is 23.8 Å². The fraction of sp³-hybridized carbons (Fsp3) is 0.375. The topological polar surface area (TPSA) is 60.5 Å². The van der Waals surface area contributed by atoms with E-state index < -0.39 is 11.7 Å². The van der Waals surface area contributed by atoms with Gasteiger partial charge in [0.05, 0.1) is 19.3 Å². The lowest BCUT2D eigenvalue weighted by Crippen LogP contribution is -2.32. The summed E-state index contributed by atoms with van der Waals surface area (Å²) in [5, 5.41) is 5.45. The smallest absolute Gasteiger partial charge is 0.408 e. The number of methoxy groups -OCH3 is 1. The van der Waals surface area contributed by atoms with Crippen LogP contribution in [0.1, 0.15) is 25.8 Å². The number of thiazole rings is 1.